The van der Waals surface area contributed by atoms with Gasteiger partial charge in [-0.3, -0.25) is 4.99 Å². The first-order valence-electron chi connectivity index (χ1n) is 8.09. The van der Waals surface area contributed by atoms with Crippen LogP contribution in [0.5, 0.6) is 11.5 Å². The van der Waals surface area contributed by atoms with E-state index in [4.69, 9.17) is 19.2 Å². The SMILES string of the molecule is COC(=O)c1c(C)[nH]c(C)c1C1=NCCc2cc(OC)c(OC)cc21. The molecule has 132 valence electrons. The van der Waals surface area contributed by atoms with Gasteiger partial charge in [0.25, 0.3) is 0 Å². The van der Waals surface area contributed by atoms with E-state index in [9.17, 15) is 4.79 Å². The van der Waals surface area contributed by atoms with Crippen molar-refractivity contribution in [2.45, 2.75) is 20.3 Å². The number of hydrogen-bond donors (Lipinski definition) is 1. The zero-order chi connectivity index (χ0) is 18.1. The summed E-state index contributed by atoms with van der Waals surface area (Å²) in [5.74, 6) is 0.963. The van der Waals surface area contributed by atoms with Crippen LogP contribution in [0.1, 0.15) is 38.4 Å². The Hall–Kier alpha value is -2.76. The molecule has 0 radical (unpaired) electrons. The fourth-order valence-corrected chi connectivity index (χ4v) is 3.37. The molecular weight excluding hydrogens is 320 g/mol. The molecule has 25 heavy (non-hydrogen) atoms. The highest BCUT2D eigenvalue weighted by atomic mass is 16.5. The summed E-state index contributed by atoms with van der Waals surface area (Å²) in [6, 6.07) is 3.91. The molecule has 1 aliphatic heterocycles. The standard InChI is InChI=1S/C19H22N2O4/c1-10-16(17(11(2)21-10)19(22)25-5)18-13-9-15(24-4)14(23-3)8-12(13)6-7-20-18/h8-9,21H,6-7H2,1-5H3. The highest BCUT2D eigenvalue weighted by Crippen LogP contribution is 2.35. The number of ether oxygens (including phenoxy) is 3. The van der Waals surface area contributed by atoms with Crippen LogP contribution in [0.3, 0.4) is 0 Å². The Morgan fingerprint density at radius 3 is 2.40 bits per heavy atom. The molecule has 0 saturated carbocycles. The molecule has 0 fully saturated rings. The van der Waals surface area contributed by atoms with Gasteiger partial charge < -0.3 is 19.2 Å². The van der Waals surface area contributed by atoms with Crippen molar-refractivity contribution in [3.63, 3.8) is 0 Å². The van der Waals surface area contributed by atoms with Gasteiger partial charge in [-0.1, -0.05) is 0 Å². The predicted molar refractivity (Wildman–Crippen MR) is 95.4 cm³/mol. The Kier molecular flexibility index (Phi) is 4.53. The normalized spacial score (nSPS) is 13.1. The van der Waals surface area contributed by atoms with Crippen molar-refractivity contribution >= 4 is 11.7 Å². The number of carbonyl (C=O) groups excluding carboxylic acids is 1. The lowest BCUT2D eigenvalue weighted by Gasteiger charge is -2.20. The van der Waals surface area contributed by atoms with Crippen molar-refractivity contribution in [1.82, 2.24) is 4.98 Å². The topological polar surface area (TPSA) is 72.9 Å². The van der Waals surface area contributed by atoms with E-state index in [1.54, 1.807) is 14.2 Å². The largest absolute Gasteiger partial charge is 0.493 e. The molecule has 6 nitrogen and oxygen atoms in total. The Labute approximate surface area is 146 Å². The maximum atomic E-state index is 12.3. The Balaban J connectivity index is 2.22. The quantitative estimate of drug-likeness (QED) is 0.867. The number of aliphatic imine (C=N–C) groups is 1. The van der Waals surface area contributed by atoms with E-state index in [0.29, 0.717) is 23.6 Å². The zero-order valence-corrected chi connectivity index (χ0v) is 15.1. The lowest BCUT2D eigenvalue weighted by molar-refractivity contribution is 0.0600. The highest BCUT2D eigenvalue weighted by Gasteiger charge is 2.28. The number of esters is 1. The third-order valence-corrected chi connectivity index (χ3v) is 4.52. The van der Waals surface area contributed by atoms with Gasteiger partial charge in [-0.05, 0) is 38.0 Å². The maximum absolute atomic E-state index is 12.3. The van der Waals surface area contributed by atoms with Crippen LogP contribution in [0.25, 0.3) is 0 Å². The molecule has 0 spiro atoms. The highest BCUT2D eigenvalue weighted by molar-refractivity contribution is 6.20. The molecule has 3 rings (SSSR count). The van der Waals surface area contributed by atoms with Gasteiger partial charge in [-0.15, -0.1) is 0 Å². The molecule has 1 aromatic heterocycles. The molecule has 0 aliphatic carbocycles. The van der Waals surface area contributed by atoms with E-state index in [0.717, 1.165) is 40.2 Å². The third-order valence-electron chi connectivity index (χ3n) is 4.52. The molecule has 1 aromatic carbocycles. The van der Waals surface area contributed by atoms with E-state index in [1.807, 2.05) is 26.0 Å². The number of nitrogens with zero attached hydrogens (tertiary/aromatic N) is 1. The number of hydrogen-bond acceptors (Lipinski definition) is 5. The second kappa shape index (κ2) is 6.63. The average molecular weight is 342 g/mol. The van der Waals surface area contributed by atoms with Gasteiger partial charge in [0.1, 0.15) is 0 Å². The zero-order valence-electron chi connectivity index (χ0n) is 15.1. The monoisotopic (exact) mass is 342 g/mol. The summed E-state index contributed by atoms with van der Waals surface area (Å²) in [6.07, 6.45) is 0.815. The van der Waals surface area contributed by atoms with Gasteiger partial charge in [0.2, 0.25) is 0 Å². The Morgan fingerprint density at radius 2 is 1.76 bits per heavy atom. The first-order chi connectivity index (χ1) is 12.0. The summed E-state index contributed by atoms with van der Waals surface area (Å²) >= 11 is 0. The average Bonchev–Trinajstić information content (AvgIpc) is 2.92. The van der Waals surface area contributed by atoms with Crippen molar-refractivity contribution in [3.05, 3.63) is 45.8 Å². The number of H-pyrrole nitrogens is 1. The minimum atomic E-state index is -0.368. The Bertz CT molecular complexity index is 865. The van der Waals surface area contributed by atoms with Crippen molar-refractivity contribution in [3.8, 4) is 11.5 Å². The van der Waals surface area contributed by atoms with Crippen molar-refractivity contribution in [2.24, 2.45) is 4.99 Å². The summed E-state index contributed by atoms with van der Waals surface area (Å²) < 4.78 is 15.8. The molecule has 0 amide bonds. The van der Waals surface area contributed by atoms with Crippen LogP contribution < -0.4 is 9.47 Å². The second-order valence-corrected chi connectivity index (χ2v) is 5.96. The molecular formula is C19H22N2O4. The lowest BCUT2D eigenvalue weighted by atomic mass is 9.90. The summed E-state index contributed by atoms with van der Waals surface area (Å²) in [6.45, 7) is 4.45. The molecule has 6 heteroatoms. The van der Waals surface area contributed by atoms with Gasteiger partial charge in [0.05, 0.1) is 32.6 Å². The molecule has 2 aromatic rings. The minimum Gasteiger partial charge on any atom is -0.493 e. The summed E-state index contributed by atoms with van der Waals surface area (Å²) in [4.78, 5) is 20.3. The molecule has 0 atom stereocenters. The third kappa shape index (κ3) is 2.77. The number of benzene rings is 1. The van der Waals surface area contributed by atoms with Crippen LogP contribution >= 0.6 is 0 Å². The molecule has 1 N–H and O–H groups in total. The maximum Gasteiger partial charge on any atom is 0.340 e. The van der Waals surface area contributed by atoms with Crippen LogP contribution in [-0.4, -0.2) is 44.5 Å². The van der Waals surface area contributed by atoms with Gasteiger partial charge in [-0.2, -0.15) is 0 Å². The summed E-state index contributed by atoms with van der Waals surface area (Å²) in [7, 11) is 4.62. The number of methoxy groups -OCH3 is 3. The summed E-state index contributed by atoms with van der Waals surface area (Å²) in [5.41, 5.74) is 5.84. The van der Waals surface area contributed by atoms with E-state index < -0.39 is 0 Å². The fraction of sp³-hybridized carbons (Fsp3) is 0.368. The number of carbonyl (C=O) groups is 1. The second-order valence-electron chi connectivity index (χ2n) is 5.96. The van der Waals surface area contributed by atoms with E-state index in [1.165, 1.54) is 7.11 Å². The smallest absolute Gasteiger partial charge is 0.340 e. The number of nitrogens with one attached hydrogen (secondary N) is 1. The van der Waals surface area contributed by atoms with Crippen LogP contribution in [0.2, 0.25) is 0 Å². The Morgan fingerprint density at radius 1 is 1.08 bits per heavy atom. The van der Waals surface area contributed by atoms with Crippen LogP contribution in [0.4, 0.5) is 0 Å². The first kappa shape index (κ1) is 17.1. The number of aromatic nitrogens is 1. The van der Waals surface area contributed by atoms with E-state index >= 15 is 0 Å². The van der Waals surface area contributed by atoms with Crippen LogP contribution in [-0.2, 0) is 11.2 Å². The van der Waals surface area contributed by atoms with Gasteiger partial charge in [-0.25, -0.2) is 4.79 Å². The fourth-order valence-electron chi connectivity index (χ4n) is 3.37. The number of rotatable bonds is 4. The van der Waals surface area contributed by atoms with Gasteiger partial charge in [0.15, 0.2) is 11.5 Å². The van der Waals surface area contributed by atoms with E-state index in [2.05, 4.69) is 4.98 Å². The lowest BCUT2D eigenvalue weighted by Crippen LogP contribution is -2.18. The molecule has 0 unspecified atom stereocenters. The molecule has 0 saturated heterocycles. The number of aromatic amines is 1. The van der Waals surface area contributed by atoms with Crippen molar-refractivity contribution in [1.29, 1.82) is 0 Å². The van der Waals surface area contributed by atoms with Gasteiger partial charge in [0, 0.05) is 29.1 Å². The first-order valence-corrected chi connectivity index (χ1v) is 8.09. The van der Waals surface area contributed by atoms with E-state index in [-0.39, 0.29) is 5.97 Å². The van der Waals surface area contributed by atoms with Crippen LogP contribution in [0.15, 0.2) is 17.1 Å². The summed E-state index contributed by atoms with van der Waals surface area (Å²) in [5, 5.41) is 0. The van der Waals surface area contributed by atoms with Crippen molar-refractivity contribution < 1.29 is 19.0 Å². The van der Waals surface area contributed by atoms with Crippen molar-refractivity contribution in [2.75, 3.05) is 27.9 Å². The molecule has 1 aliphatic rings. The number of aryl methyl sites for hydroxylation is 2. The van der Waals surface area contributed by atoms with Gasteiger partial charge >= 0.3 is 5.97 Å². The van der Waals surface area contributed by atoms with Crippen LogP contribution in [0, 0.1) is 13.8 Å². The molecule has 0 bridgehead atoms. The predicted octanol–water partition coefficient (Wildman–Crippen LogP) is 2.83. The molecule has 2 heterocycles. The minimum absolute atomic E-state index is 0.368. The number of fused-ring (bicyclic) bond motifs is 1.